The number of rotatable bonds is 5. The van der Waals surface area contributed by atoms with Crippen molar-refractivity contribution in [2.24, 2.45) is 5.41 Å². The topological polar surface area (TPSA) is 12.0 Å². The first-order chi connectivity index (χ1) is 5.27. The lowest BCUT2D eigenvalue weighted by atomic mass is 9.70. The van der Waals surface area contributed by atoms with Crippen molar-refractivity contribution in [2.75, 3.05) is 13.1 Å². The van der Waals surface area contributed by atoms with Crippen molar-refractivity contribution >= 4 is 0 Å². The van der Waals surface area contributed by atoms with Gasteiger partial charge in [-0.1, -0.05) is 19.4 Å². The maximum Gasteiger partial charge on any atom is 0.000528 e. The molecular weight excluding hydrogens is 134 g/mol. The lowest BCUT2D eigenvalue weighted by Crippen LogP contribution is -2.37. The van der Waals surface area contributed by atoms with Gasteiger partial charge in [-0.05, 0) is 31.2 Å². The molecule has 1 saturated carbocycles. The summed E-state index contributed by atoms with van der Waals surface area (Å²) in [5.74, 6) is 0. The fourth-order valence-electron chi connectivity index (χ4n) is 1.55. The van der Waals surface area contributed by atoms with Gasteiger partial charge in [0.25, 0.3) is 0 Å². The fraction of sp³-hybridized carbons (Fsp3) is 0.800. The van der Waals surface area contributed by atoms with Crippen LogP contribution in [0.25, 0.3) is 0 Å². The van der Waals surface area contributed by atoms with Gasteiger partial charge in [0.15, 0.2) is 0 Å². The molecular formula is C10H19N. The molecule has 1 fully saturated rings. The third kappa shape index (κ3) is 2.66. The Morgan fingerprint density at radius 3 is 2.73 bits per heavy atom. The van der Waals surface area contributed by atoms with Crippen LogP contribution in [0, 0.1) is 5.41 Å². The molecule has 1 aliphatic rings. The molecule has 0 atom stereocenters. The molecule has 0 aromatic heterocycles. The molecule has 1 heteroatoms. The minimum atomic E-state index is 0.626. The Labute approximate surface area is 69.9 Å². The highest BCUT2D eigenvalue weighted by atomic mass is 14.9. The third-order valence-electron chi connectivity index (χ3n) is 2.64. The molecule has 0 radical (unpaired) electrons. The molecule has 0 aromatic carbocycles. The predicted molar refractivity (Wildman–Crippen MR) is 49.6 cm³/mol. The zero-order valence-corrected chi connectivity index (χ0v) is 7.53. The standard InChI is InChI=1S/C10H19N/c1-3-4-8-11-9-10(2)6-5-7-10/h3,11H,1,4-9H2,2H3. The van der Waals surface area contributed by atoms with Gasteiger partial charge < -0.3 is 5.32 Å². The molecule has 0 unspecified atom stereocenters. The van der Waals surface area contributed by atoms with E-state index in [1.807, 2.05) is 6.08 Å². The van der Waals surface area contributed by atoms with Crippen LogP contribution in [0.4, 0.5) is 0 Å². The first-order valence-electron chi connectivity index (χ1n) is 4.58. The van der Waals surface area contributed by atoms with Crippen molar-refractivity contribution in [3.05, 3.63) is 12.7 Å². The summed E-state index contributed by atoms with van der Waals surface area (Å²) in [4.78, 5) is 0. The third-order valence-corrected chi connectivity index (χ3v) is 2.64. The second kappa shape index (κ2) is 3.91. The lowest BCUT2D eigenvalue weighted by molar-refractivity contribution is 0.157. The Morgan fingerprint density at radius 1 is 1.55 bits per heavy atom. The van der Waals surface area contributed by atoms with Gasteiger partial charge in [-0.3, -0.25) is 0 Å². The van der Waals surface area contributed by atoms with E-state index in [0.717, 1.165) is 13.0 Å². The average molecular weight is 153 g/mol. The van der Waals surface area contributed by atoms with Gasteiger partial charge in [0, 0.05) is 6.54 Å². The zero-order valence-electron chi connectivity index (χ0n) is 7.53. The normalized spacial score (nSPS) is 20.8. The van der Waals surface area contributed by atoms with Crippen molar-refractivity contribution < 1.29 is 0 Å². The molecule has 0 saturated heterocycles. The molecule has 0 aromatic rings. The molecule has 0 spiro atoms. The molecule has 1 nitrogen and oxygen atoms in total. The summed E-state index contributed by atoms with van der Waals surface area (Å²) in [6, 6.07) is 0. The lowest BCUT2D eigenvalue weighted by Gasteiger charge is -2.38. The molecule has 1 rings (SSSR count). The first kappa shape index (κ1) is 8.79. The summed E-state index contributed by atoms with van der Waals surface area (Å²) in [6.07, 6.45) is 7.31. The maximum absolute atomic E-state index is 3.69. The second-order valence-electron chi connectivity index (χ2n) is 3.92. The minimum Gasteiger partial charge on any atom is -0.316 e. The summed E-state index contributed by atoms with van der Waals surface area (Å²) in [7, 11) is 0. The molecule has 0 bridgehead atoms. The van der Waals surface area contributed by atoms with Crippen LogP contribution >= 0.6 is 0 Å². The van der Waals surface area contributed by atoms with Gasteiger partial charge in [0.05, 0.1) is 0 Å². The molecule has 64 valence electrons. The van der Waals surface area contributed by atoms with E-state index in [-0.39, 0.29) is 0 Å². The first-order valence-corrected chi connectivity index (χ1v) is 4.58. The Hall–Kier alpha value is -0.300. The van der Waals surface area contributed by atoms with Crippen LogP contribution in [0.2, 0.25) is 0 Å². The van der Waals surface area contributed by atoms with Crippen LogP contribution in [-0.2, 0) is 0 Å². The SMILES string of the molecule is C=CCCNCC1(C)CCC1. The monoisotopic (exact) mass is 153 g/mol. The van der Waals surface area contributed by atoms with Crippen LogP contribution in [0.5, 0.6) is 0 Å². The van der Waals surface area contributed by atoms with E-state index < -0.39 is 0 Å². The largest absolute Gasteiger partial charge is 0.316 e. The van der Waals surface area contributed by atoms with Crippen LogP contribution in [-0.4, -0.2) is 13.1 Å². The van der Waals surface area contributed by atoms with Crippen molar-refractivity contribution in [1.82, 2.24) is 5.32 Å². The van der Waals surface area contributed by atoms with Crippen molar-refractivity contribution in [1.29, 1.82) is 0 Å². The fourth-order valence-corrected chi connectivity index (χ4v) is 1.55. The van der Waals surface area contributed by atoms with E-state index in [4.69, 9.17) is 0 Å². The number of nitrogens with one attached hydrogen (secondary N) is 1. The summed E-state index contributed by atoms with van der Waals surface area (Å²) < 4.78 is 0. The predicted octanol–water partition coefficient (Wildman–Crippen LogP) is 2.34. The van der Waals surface area contributed by atoms with E-state index in [9.17, 15) is 0 Å². The van der Waals surface area contributed by atoms with Crippen LogP contribution in [0.15, 0.2) is 12.7 Å². The average Bonchev–Trinajstić information content (AvgIpc) is 1.95. The Morgan fingerprint density at radius 2 is 2.27 bits per heavy atom. The molecule has 1 aliphatic carbocycles. The van der Waals surface area contributed by atoms with Crippen LogP contribution in [0.1, 0.15) is 32.6 Å². The highest BCUT2D eigenvalue weighted by Crippen LogP contribution is 2.39. The molecule has 11 heavy (non-hydrogen) atoms. The Balaban J connectivity index is 1.97. The summed E-state index contributed by atoms with van der Waals surface area (Å²) >= 11 is 0. The van der Waals surface area contributed by atoms with Crippen molar-refractivity contribution in [3.63, 3.8) is 0 Å². The number of hydrogen-bond donors (Lipinski definition) is 1. The summed E-state index contributed by atoms with van der Waals surface area (Å²) in [6.45, 7) is 8.35. The van der Waals surface area contributed by atoms with E-state index >= 15 is 0 Å². The van der Waals surface area contributed by atoms with Gasteiger partial charge in [0.1, 0.15) is 0 Å². The quantitative estimate of drug-likeness (QED) is 0.472. The highest BCUT2D eigenvalue weighted by Gasteiger charge is 2.30. The van der Waals surface area contributed by atoms with Crippen LogP contribution < -0.4 is 5.32 Å². The molecule has 0 heterocycles. The molecule has 0 amide bonds. The van der Waals surface area contributed by atoms with Gasteiger partial charge in [-0.25, -0.2) is 0 Å². The van der Waals surface area contributed by atoms with Gasteiger partial charge in [0.2, 0.25) is 0 Å². The summed E-state index contributed by atoms with van der Waals surface area (Å²) in [5, 5.41) is 3.46. The van der Waals surface area contributed by atoms with Crippen molar-refractivity contribution in [3.8, 4) is 0 Å². The van der Waals surface area contributed by atoms with Crippen molar-refractivity contribution in [2.45, 2.75) is 32.6 Å². The zero-order chi connectivity index (χ0) is 8.16. The van der Waals surface area contributed by atoms with Gasteiger partial charge in [-0.2, -0.15) is 0 Å². The molecule has 1 N–H and O–H groups in total. The minimum absolute atomic E-state index is 0.626. The van der Waals surface area contributed by atoms with E-state index in [0.29, 0.717) is 5.41 Å². The van der Waals surface area contributed by atoms with E-state index in [1.54, 1.807) is 0 Å². The van der Waals surface area contributed by atoms with Crippen LogP contribution in [0.3, 0.4) is 0 Å². The van der Waals surface area contributed by atoms with Gasteiger partial charge in [-0.15, -0.1) is 6.58 Å². The Bertz CT molecular complexity index is 125. The van der Waals surface area contributed by atoms with E-state index in [2.05, 4.69) is 18.8 Å². The second-order valence-corrected chi connectivity index (χ2v) is 3.92. The van der Waals surface area contributed by atoms with E-state index in [1.165, 1.54) is 25.8 Å². The highest BCUT2D eigenvalue weighted by molar-refractivity contribution is 4.85. The smallest absolute Gasteiger partial charge is 0.000528 e. The van der Waals surface area contributed by atoms with Gasteiger partial charge >= 0.3 is 0 Å². The number of hydrogen-bond acceptors (Lipinski definition) is 1. The summed E-state index contributed by atoms with van der Waals surface area (Å²) in [5.41, 5.74) is 0.626. The molecule has 0 aliphatic heterocycles. The maximum atomic E-state index is 3.69. The Kier molecular flexibility index (Phi) is 3.13.